The molecule has 0 radical (unpaired) electrons. The number of hydrogen-bond donors (Lipinski definition) is 3. The lowest BCUT2D eigenvalue weighted by atomic mass is 10.0. The first-order valence-electron chi connectivity index (χ1n) is 5.01. The normalized spacial score (nSPS) is 12.1. The largest absolute Gasteiger partial charge is 0.491 e. The molecule has 1 aromatic rings. The Kier molecular flexibility index (Phi) is 4.75. The molecular formula is C11H16N2O3. The molecule has 0 spiro atoms. The Morgan fingerprint density at radius 1 is 1.38 bits per heavy atom. The number of rotatable bonds is 6. The molecule has 1 rings (SSSR count). The van der Waals surface area contributed by atoms with Crippen LogP contribution in [0.3, 0.4) is 0 Å². The predicted molar refractivity (Wildman–Crippen MR) is 59.8 cm³/mol. The Labute approximate surface area is 94.0 Å². The minimum Gasteiger partial charge on any atom is -0.491 e. The third-order valence-electron chi connectivity index (χ3n) is 2.09. The molecule has 0 aromatic heterocycles. The van der Waals surface area contributed by atoms with Gasteiger partial charge in [0.2, 0.25) is 5.91 Å². The van der Waals surface area contributed by atoms with Crippen molar-refractivity contribution in [1.82, 2.24) is 0 Å². The zero-order valence-electron chi connectivity index (χ0n) is 8.93. The van der Waals surface area contributed by atoms with Crippen LogP contribution in [0.4, 0.5) is 0 Å². The number of carbonyl (C=O) groups excluding carboxylic acids is 1. The number of carbonyl (C=O) groups is 1. The van der Waals surface area contributed by atoms with Crippen molar-refractivity contribution in [2.24, 2.45) is 11.5 Å². The minimum atomic E-state index is -0.423. The second-order valence-corrected chi connectivity index (χ2v) is 3.42. The number of benzene rings is 1. The van der Waals surface area contributed by atoms with E-state index in [-0.39, 0.29) is 25.7 Å². The summed E-state index contributed by atoms with van der Waals surface area (Å²) < 4.78 is 5.19. The molecule has 0 saturated heterocycles. The fourth-order valence-corrected chi connectivity index (χ4v) is 1.31. The smallest absolute Gasteiger partial charge is 0.219 e. The number of ether oxygens (including phenoxy) is 1. The van der Waals surface area contributed by atoms with Gasteiger partial charge in [-0.15, -0.1) is 0 Å². The first-order valence-corrected chi connectivity index (χ1v) is 5.01. The SMILES string of the molecule is NC(=O)CC(N)c1ccc(OCCO)cc1. The summed E-state index contributed by atoms with van der Waals surface area (Å²) in [6.07, 6.45) is 0.122. The molecule has 1 amide bonds. The fraction of sp³-hybridized carbons (Fsp3) is 0.364. The number of nitrogens with two attached hydrogens (primary N) is 2. The van der Waals surface area contributed by atoms with Gasteiger partial charge in [-0.2, -0.15) is 0 Å². The van der Waals surface area contributed by atoms with Crippen LogP contribution < -0.4 is 16.2 Å². The average Bonchev–Trinajstić information content (AvgIpc) is 2.26. The lowest BCUT2D eigenvalue weighted by Crippen LogP contribution is -2.20. The Balaban J connectivity index is 2.59. The molecule has 16 heavy (non-hydrogen) atoms. The molecule has 88 valence electrons. The van der Waals surface area contributed by atoms with Crippen molar-refractivity contribution >= 4 is 5.91 Å². The zero-order chi connectivity index (χ0) is 12.0. The number of amides is 1. The van der Waals surface area contributed by atoms with Crippen LogP contribution in [-0.2, 0) is 4.79 Å². The van der Waals surface area contributed by atoms with Crippen molar-refractivity contribution in [2.75, 3.05) is 13.2 Å². The molecular weight excluding hydrogens is 208 g/mol. The molecule has 5 heteroatoms. The maximum atomic E-state index is 10.7. The molecule has 0 aliphatic heterocycles. The molecule has 5 N–H and O–H groups in total. The minimum absolute atomic E-state index is 0.0249. The van der Waals surface area contributed by atoms with Gasteiger partial charge in [-0.3, -0.25) is 4.79 Å². The lowest BCUT2D eigenvalue weighted by molar-refractivity contribution is -0.118. The first-order chi connectivity index (χ1) is 7.63. The van der Waals surface area contributed by atoms with E-state index in [4.69, 9.17) is 21.3 Å². The Bertz CT molecular complexity index is 338. The van der Waals surface area contributed by atoms with Crippen LogP contribution >= 0.6 is 0 Å². The van der Waals surface area contributed by atoms with E-state index in [1.807, 2.05) is 0 Å². The summed E-state index contributed by atoms with van der Waals surface area (Å²) in [5, 5.41) is 8.57. The van der Waals surface area contributed by atoms with E-state index in [0.717, 1.165) is 5.56 Å². The second kappa shape index (κ2) is 6.09. The van der Waals surface area contributed by atoms with Gasteiger partial charge in [0.15, 0.2) is 0 Å². The maximum absolute atomic E-state index is 10.7. The molecule has 0 heterocycles. The Hall–Kier alpha value is -1.59. The molecule has 1 unspecified atom stereocenters. The predicted octanol–water partition coefficient (Wildman–Crippen LogP) is -0.0671. The average molecular weight is 224 g/mol. The standard InChI is InChI=1S/C11H16N2O3/c12-10(7-11(13)15)8-1-3-9(4-2-8)16-6-5-14/h1-4,10,14H,5-7,12H2,(H2,13,15). The van der Waals surface area contributed by atoms with Gasteiger partial charge in [-0.25, -0.2) is 0 Å². The molecule has 0 aliphatic carbocycles. The van der Waals surface area contributed by atoms with Gasteiger partial charge in [0, 0.05) is 12.5 Å². The van der Waals surface area contributed by atoms with Crippen LogP contribution in [0.25, 0.3) is 0 Å². The third kappa shape index (κ3) is 3.88. The van der Waals surface area contributed by atoms with E-state index < -0.39 is 5.91 Å². The van der Waals surface area contributed by atoms with Gasteiger partial charge >= 0.3 is 0 Å². The highest BCUT2D eigenvalue weighted by atomic mass is 16.5. The van der Waals surface area contributed by atoms with Gasteiger partial charge < -0.3 is 21.3 Å². The van der Waals surface area contributed by atoms with Crippen LogP contribution in [0.2, 0.25) is 0 Å². The number of primary amides is 1. The Morgan fingerprint density at radius 2 is 2.00 bits per heavy atom. The van der Waals surface area contributed by atoms with Gasteiger partial charge in [0.25, 0.3) is 0 Å². The van der Waals surface area contributed by atoms with Gasteiger partial charge in [-0.1, -0.05) is 12.1 Å². The monoisotopic (exact) mass is 224 g/mol. The van der Waals surface area contributed by atoms with E-state index in [0.29, 0.717) is 5.75 Å². The van der Waals surface area contributed by atoms with Crippen molar-refractivity contribution in [2.45, 2.75) is 12.5 Å². The van der Waals surface area contributed by atoms with Crippen molar-refractivity contribution in [3.63, 3.8) is 0 Å². The van der Waals surface area contributed by atoms with Crippen molar-refractivity contribution < 1.29 is 14.6 Å². The summed E-state index contributed by atoms with van der Waals surface area (Å²) >= 11 is 0. The van der Waals surface area contributed by atoms with E-state index in [2.05, 4.69) is 0 Å². The van der Waals surface area contributed by atoms with E-state index in [1.54, 1.807) is 24.3 Å². The van der Waals surface area contributed by atoms with Gasteiger partial charge in [0.05, 0.1) is 6.61 Å². The van der Waals surface area contributed by atoms with Crippen molar-refractivity contribution in [1.29, 1.82) is 0 Å². The van der Waals surface area contributed by atoms with Crippen LogP contribution in [0, 0.1) is 0 Å². The maximum Gasteiger partial charge on any atom is 0.219 e. The highest BCUT2D eigenvalue weighted by molar-refractivity contribution is 5.74. The number of aliphatic hydroxyl groups is 1. The molecule has 5 nitrogen and oxygen atoms in total. The third-order valence-corrected chi connectivity index (χ3v) is 2.09. The molecule has 0 fully saturated rings. The van der Waals surface area contributed by atoms with Crippen LogP contribution in [0.15, 0.2) is 24.3 Å². The van der Waals surface area contributed by atoms with Crippen LogP contribution in [0.5, 0.6) is 5.75 Å². The lowest BCUT2D eigenvalue weighted by Gasteiger charge is -2.10. The second-order valence-electron chi connectivity index (χ2n) is 3.42. The fourth-order valence-electron chi connectivity index (χ4n) is 1.31. The van der Waals surface area contributed by atoms with Crippen LogP contribution in [-0.4, -0.2) is 24.2 Å². The number of hydrogen-bond acceptors (Lipinski definition) is 4. The van der Waals surface area contributed by atoms with Crippen molar-refractivity contribution in [3.8, 4) is 5.75 Å². The van der Waals surface area contributed by atoms with E-state index >= 15 is 0 Å². The Morgan fingerprint density at radius 3 is 2.50 bits per heavy atom. The summed E-state index contributed by atoms with van der Waals surface area (Å²) in [7, 11) is 0. The van der Waals surface area contributed by atoms with Gasteiger partial charge in [0.1, 0.15) is 12.4 Å². The zero-order valence-corrected chi connectivity index (χ0v) is 8.93. The summed E-state index contributed by atoms with van der Waals surface area (Å²) in [6.45, 7) is 0.232. The molecule has 0 bridgehead atoms. The molecule has 1 aromatic carbocycles. The quantitative estimate of drug-likeness (QED) is 0.630. The van der Waals surface area contributed by atoms with E-state index in [1.165, 1.54) is 0 Å². The summed E-state index contributed by atoms with van der Waals surface area (Å²) in [6, 6.07) is 6.66. The summed E-state index contributed by atoms with van der Waals surface area (Å²) in [5.74, 6) is 0.234. The van der Waals surface area contributed by atoms with Crippen molar-refractivity contribution in [3.05, 3.63) is 29.8 Å². The van der Waals surface area contributed by atoms with Gasteiger partial charge in [-0.05, 0) is 17.7 Å². The van der Waals surface area contributed by atoms with Crippen LogP contribution in [0.1, 0.15) is 18.0 Å². The summed E-state index contributed by atoms with van der Waals surface area (Å²) in [5.41, 5.74) is 11.6. The highest BCUT2D eigenvalue weighted by Gasteiger charge is 2.08. The molecule has 0 saturated carbocycles. The molecule has 1 atom stereocenters. The first kappa shape index (κ1) is 12.5. The molecule has 0 aliphatic rings. The topological polar surface area (TPSA) is 98.6 Å². The highest BCUT2D eigenvalue weighted by Crippen LogP contribution is 2.18. The van der Waals surface area contributed by atoms with E-state index in [9.17, 15) is 4.79 Å². The number of aliphatic hydroxyl groups excluding tert-OH is 1. The summed E-state index contributed by atoms with van der Waals surface area (Å²) in [4.78, 5) is 10.7.